The van der Waals surface area contributed by atoms with E-state index in [9.17, 15) is 4.79 Å². The number of carbonyl (C=O) groups is 1. The molecule has 0 N–H and O–H groups in total. The van der Waals surface area contributed by atoms with E-state index in [-0.39, 0.29) is 5.91 Å². The van der Waals surface area contributed by atoms with Crippen molar-refractivity contribution in [2.45, 2.75) is 26.8 Å². The summed E-state index contributed by atoms with van der Waals surface area (Å²) in [7, 11) is 0. The van der Waals surface area contributed by atoms with Gasteiger partial charge in [0, 0.05) is 24.2 Å². The van der Waals surface area contributed by atoms with E-state index in [1.807, 2.05) is 30.9 Å². The Morgan fingerprint density at radius 2 is 2.00 bits per heavy atom. The summed E-state index contributed by atoms with van der Waals surface area (Å²) in [5, 5.41) is 8.98. The topological polar surface area (TPSA) is 63.9 Å². The normalized spacial score (nSPS) is 13.8. The number of hydrogen-bond donors (Lipinski definition) is 0. The van der Waals surface area contributed by atoms with Crippen molar-refractivity contribution in [1.29, 1.82) is 0 Å². The van der Waals surface area contributed by atoms with Crippen LogP contribution in [0.5, 0.6) is 0 Å². The fourth-order valence-corrected chi connectivity index (χ4v) is 3.73. The highest BCUT2D eigenvalue weighted by Crippen LogP contribution is 2.22. The molecule has 0 fully saturated rings. The highest BCUT2D eigenvalue weighted by Gasteiger charge is 2.26. The van der Waals surface area contributed by atoms with E-state index < -0.39 is 0 Å². The number of aromatic nitrogens is 4. The van der Waals surface area contributed by atoms with Crippen LogP contribution in [-0.2, 0) is 13.0 Å². The van der Waals surface area contributed by atoms with E-state index >= 15 is 0 Å². The highest BCUT2D eigenvalue weighted by molar-refractivity contribution is 7.13. The molecule has 122 valence electrons. The number of hydrogen-bond acceptors (Lipinski definition) is 5. The summed E-state index contributed by atoms with van der Waals surface area (Å²) in [5.74, 6) is -0.0680. The molecule has 1 aliphatic rings. The maximum Gasteiger partial charge on any atom is 0.276 e. The minimum Gasteiger partial charge on any atom is -0.333 e. The number of rotatable bonds is 2. The molecule has 3 heterocycles. The molecule has 0 aliphatic carbocycles. The van der Waals surface area contributed by atoms with Crippen molar-refractivity contribution in [2.24, 2.45) is 0 Å². The Morgan fingerprint density at radius 3 is 2.75 bits per heavy atom. The van der Waals surface area contributed by atoms with E-state index in [0.29, 0.717) is 18.8 Å². The molecule has 0 saturated carbocycles. The van der Waals surface area contributed by atoms with Gasteiger partial charge in [-0.3, -0.25) is 4.79 Å². The lowest BCUT2D eigenvalue weighted by molar-refractivity contribution is 0.0728. The Morgan fingerprint density at radius 1 is 1.21 bits per heavy atom. The molecule has 7 heteroatoms. The number of amides is 1. The smallest absolute Gasteiger partial charge is 0.276 e. The first kappa shape index (κ1) is 15.0. The molecule has 0 saturated heterocycles. The fourth-order valence-electron chi connectivity index (χ4n) is 2.97. The number of fused-ring (bicyclic) bond motifs is 1. The summed E-state index contributed by atoms with van der Waals surface area (Å²) in [4.78, 5) is 20.1. The van der Waals surface area contributed by atoms with Crippen LogP contribution < -0.4 is 0 Å². The average molecular weight is 339 g/mol. The molecule has 1 aromatic carbocycles. The summed E-state index contributed by atoms with van der Waals surface area (Å²) in [6, 6.07) is 8.27. The summed E-state index contributed by atoms with van der Waals surface area (Å²) in [5.41, 5.74) is 3.66. The van der Waals surface area contributed by atoms with Crippen LogP contribution in [0.25, 0.3) is 5.13 Å². The monoisotopic (exact) mass is 339 g/mol. The second-order valence-corrected chi connectivity index (χ2v) is 7.15. The molecule has 1 aliphatic heterocycles. The molecule has 0 spiro atoms. The third kappa shape index (κ3) is 2.50. The molecule has 6 nitrogen and oxygen atoms in total. The molecule has 0 radical (unpaired) electrons. The summed E-state index contributed by atoms with van der Waals surface area (Å²) in [6.45, 7) is 5.18. The fraction of sp³-hybridized carbons (Fsp3) is 0.294. The van der Waals surface area contributed by atoms with E-state index in [0.717, 1.165) is 22.1 Å². The molecule has 2 aromatic heterocycles. The van der Waals surface area contributed by atoms with Crippen LogP contribution in [-0.4, -0.2) is 37.3 Å². The lowest BCUT2D eigenvalue weighted by Gasteiger charge is -2.28. The van der Waals surface area contributed by atoms with Crippen LogP contribution in [0.3, 0.4) is 0 Å². The lowest BCUT2D eigenvalue weighted by Crippen LogP contribution is -2.36. The zero-order valence-corrected chi connectivity index (χ0v) is 14.4. The van der Waals surface area contributed by atoms with Crippen molar-refractivity contribution < 1.29 is 4.79 Å². The third-order valence-corrected chi connectivity index (χ3v) is 5.19. The second-order valence-electron chi connectivity index (χ2n) is 5.93. The molecule has 24 heavy (non-hydrogen) atoms. The Kier molecular flexibility index (Phi) is 3.65. The van der Waals surface area contributed by atoms with Crippen LogP contribution in [0.2, 0.25) is 0 Å². The summed E-state index contributed by atoms with van der Waals surface area (Å²) >= 11 is 1.53. The van der Waals surface area contributed by atoms with Gasteiger partial charge in [0.05, 0.1) is 5.69 Å². The van der Waals surface area contributed by atoms with E-state index in [1.54, 1.807) is 10.9 Å². The average Bonchev–Trinajstić information content (AvgIpc) is 3.19. The predicted molar refractivity (Wildman–Crippen MR) is 91.4 cm³/mol. The maximum atomic E-state index is 12.9. The molecule has 3 aromatic rings. The van der Waals surface area contributed by atoms with Gasteiger partial charge in [-0.15, -0.1) is 16.4 Å². The van der Waals surface area contributed by atoms with Gasteiger partial charge in [0.15, 0.2) is 5.69 Å². The SMILES string of the molecule is Cc1cnc(-n2nnc(C(=O)N3CCc4ccccc4C3)c2C)s1. The number of thiazole rings is 1. The van der Waals surface area contributed by atoms with Gasteiger partial charge >= 0.3 is 0 Å². The Balaban J connectivity index is 1.61. The zero-order chi connectivity index (χ0) is 16.7. The Labute approximate surface area is 143 Å². The van der Waals surface area contributed by atoms with E-state index in [2.05, 4.69) is 27.4 Å². The van der Waals surface area contributed by atoms with Crippen molar-refractivity contribution >= 4 is 17.2 Å². The van der Waals surface area contributed by atoms with Gasteiger partial charge in [-0.25, -0.2) is 4.98 Å². The quantitative estimate of drug-likeness (QED) is 0.720. The molecule has 4 rings (SSSR count). The molecular formula is C17H17N5OS. The van der Waals surface area contributed by atoms with E-state index in [4.69, 9.17) is 0 Å². The van der Waals surface area contributed by atoms with Crippen LogP contribution in [0.1, 0.15) is 32.2 Å². The van der Waals surface area contributed by atoms with Crippen molar-refractivity contribution in [3.63, 3.8) is 0 Å². The van der Waals surface area contributed by atoms with Crippen molar-refractivity contribution in [3.05, 3.63) is 57.9 Å². The Bertz CT molecular complexity index is 913. The van der Waals surface area contributed by atoms with Crippen molar-refractivity contribution in [2.75, 3.05) is 6.54 Å². The maximum absolute atomic E-state index is 12.9. The second kappa shape index (κ2) is 5.83. The van der Waals surface area contributed by atoms with Gasteiger partial charge < -0.3 is 4.90 Å². The number of aryl methyl sites for hydroxylation is 1. The highest BCUT2D eigenvalue weighted by atomic mass is 32.1. The molecule has 1 amide bonds. The predicted octanol–water partition coefficient (Wildman–Crippen LogP) is 2.54. The number of benzene rings is 1. The number of nitrogens with zero attached hydrogens (tertiary/aromatic N) is 5. The lowest BCUT2D eigenvalue weighted by atomic mass is 10.00. The van der Waals surface area contributed by atoms with Crippen molar-refractivity contribution in [1.82, 2.24) is 24.9 Å². The first-order chi connectivity index (χ1) is 11.6. The van der Waals surface area contributed by atoms with E-state index in [1.165, 1.54) is 22.5 Å². The summed E-state index contributed by atoms with van der Waals surface area (Å²) in [6.07, 6.45) is 2.67. The van der Waals surface area contributed by atoms with Gasteiger partial charge in [0.25, 0.3) is 5.91 Å². The van der Waals surface area contributed by atoms with Gasteiger partial charge in [0.1, 0.15) is 0 Å². The Hall–Kier alpha value is -2.54. The van der Waals surface area contributed by atoms with Crippen LogP contribution in [0, 0.1) is 13.8 Å². The minimum absolute atomic E-state index is 0.0680. The van der Waals surface area contributed by atoms with Crippen molar-refractivity contribution in [3.8, 4) is 5.13 Å². The molecular weight excluding hydrogens is 322 g/mol. The molecule has 0 unspecified atom stereocenters. The minimum atomic E-state index is -0.0680. The molecule has 0 bridgehead atoms. The first-order valence-corrected chi connectivity index (χ1v) is 8.66. The van der Waals surface area contributed by atoms with Crippen LogP contribution in [0.4, 0.5) is 0 Å². The van der Waals surface area contributed by atoms with Crippen LogP contribution in [0.15, 0.2) is 30.5 Å². The van der Waals surface area contributed by atoms with Gasteiger partial charge in [-0.05, 0) is 31.4 Å². The van der Waals surface area contributed by atoms with Gasteiger partial charge in [0.2, 0.25) is 5.13 Å². The first-order valence-electron chi connectivity index (χ1n) is 7.84. The van der Waals surface area contributed by atoms with Gasteiger partial charge in [-0.2, -0.15) is 4.68 Å². The van der Waals surface area contributed by atoms with Crippen LogP contribution >= 0.6 is 11.3 Å². The zero-order valence-electron chi connectivity index (χ0n) is 13.6. The number of carbonyl (C=O) groups excluding carboxylic acids is 1. The third-order valence-electron chi connectivity index (χ3n) is 4.31. The largest absolute Gasteiger partial charge is 0.333 e. The summed E-state index contributed by atoms with van der Waals surface area (Å²) < 4.78 is 1.64. The standard InChI is InChI=1S/C17H17N5OS/c1-11-9-18-17(24-11)22-12(2)15(19-20-22)16(23)21-8-7-13-5-3-4-6-14(13)10-21/h3-6,9H,7-8,10H2,1-2H3. The van der Waals surface area contributed by atoms with Gasteiger partial charge in [-0.1, -0.05) is 29.5 Å². The molecule has 0 atom stereocenters.